The number of benzene rings is 2. The van der Waals surface area contributed by atoms with Gasteiger partial charge in [-0.3, -0.25) is 14.7 Å². The predicted octanol–water partition coefficient (Wildman–Crippen LogP) is 5.99. The molecular formula is C27H27ClF2N2O3. The highest BCUT2D eigenvalue weighted by Gasteiger charge is 2.43. The van der Waals surface area contributed by atoms with Crippen LogP contribution in [0.3, 0.4) is 0 Å². The Hall–Kier alpha value is -3.03. The number of ether oxygens (including phenoxy) is 1. The van der Waals surface area contributed by atoms with Crippen molar-refractivity contribution in [3.05, 3.63) is 76.5 Å². The number of likely N-dealkylation sites (tertiary alicyclic amines) is 1. The van der Waals surface area contributed by atoms with Gasteiger partial charge in [0, 0.05) is 29.1 Å². The summed E-state index contributed by atoms with van der Waals surface area (Å²) < 4.78 is 33.8. The minimum absolute atomic E-state index is 0.361. The summed E-state index contributed by atoms with van der Waals surface area (Å²) in [4.78, 5) is 18.4. The number of hydrogen-bond donors (Lipinski definition) is 1. The van der Waals surface area contributed by atoms with Gasteiger partial charge in [0.15, 0.2) is 0 Å². The van der Waals surface area contributed by atoms with Crippen LogP contribution in [0.1, 0.15) is 30.4 Å². The van der Waals surface area contributed by atoms with Gasteiger partial charge in [-0.15, -0.1) is 0 Å². The lowest BCUT2D eigenvalue weighted by atomic mass is 9.81. The smallest absolute Gasteiger partial charge is 0.310 e. The van der Waals surface area contributed by atoms with Crippen molar-refractivity contribution in [2.24, 2.45) is 5.41 Å². The molecule has 2 aromatic carbocycles. The fraction of sp³-hybridized carbons (Fsp3) is 0.333. The van der Waals surface area contributed by atoms with Crippen molar-refractivity contribution in [2.75, 3.05) is 26.7 Å². The van der Waals surface area contributed by atoms with E-state index >= 15 is 0 Å². The summed E-state index contributed by atoms with van der Waals surface area (Å²) in [5, 5.41) is 11.2. The highest BCUT2D eigenvalue weighted by molar-refractivity contribution is 6.30. The summed E-state index contributed by atoms with van der Waals surface area (Å²) in [5.41, 5.74) is 0.692. The van der Waals surface area contributed by atoms with Crippen molar-refractivity contribution in [1.82, 2.24) is 9.88 Å². The number of pyridine rings is 1. The highest BCUT2D eigenvalue weighted by atomic mass is 35.5. The van der Waals surface area contributed by atoms with Crippen LogP contribution >= 0.6 is 11.6 Å². The molecule has 35 heavy (non-hydrogen) atoms. The average Bonchev–Trinajstić information content (AvgIpc) is 3.27. The van der Waals surface area contributed by atoms with E-state index in [1.807, 2.05) is 11.0 Å². The Bertz CT molecular complexity index is 1270. The highest BCUT2D eigenvalue weighted by Crippen LogP contribution is 2.37. The molecule has 184 valence electrons. The van der Waals surface area contributed by atoms with Crippen LogP contribution in [0.15, 0.2) is 48.7 Å². The van der Waals surface area contributed by atoms with Crippen LogP contribution in [0.2, 0.25) is 5.02 Å². The van der Waals surface area contributed by atoms with Crippen molar-refractivity contribution in [3.8, 4) is 5.75 Å². The van der Waals surface area contributed by atoms with E-state index in [0.717, 1.165) is 0 Å². The van der Waals surface area contributed by atoms with Crippen LogP contribution < -0.4 is 4.74 Å². The maximum atomic E-state index is 14.6. The Morgan fingerprint density at radius 1 is 1.26 bits per heavy atom. The number of nitrogens with zero attached hydrogens (tertiary/aromatic N) is 2. The van der Waals surface area contributed by atoms with Gasteiger partial charge in [0.2, 0.25) is 0 Å². The number of aromatic nitrogens is 1. The Balaban J connectivity index is 1.41. The number of aryl methyl sites for hydroxylation is 1. The first kappa shape index (κ1) is 25.1. The van der Waals surface area contributed by atoms with E-state index in [0.29, 0.717) is 78.1 Å². The third-order valence-electron chi connectivity index (χ3n) is 6.72. The number of carboxylic acids is 1. The normalized spacial score (nSPS) is 18.5. The van der Waals surface area contributed by atoms with Gasteiger partial charge in [0.25, 0.3) is 0 Å². The summed E-state index contributed by atoms with van der Waals surface area (Å²) >= 11 is 5.94. The number of rotatable bonds is 9. The van der Waals surface area contributed by atoms with Crippen LogP contribution in [0.5, 0.6) is 5.75 Å². The lowest BCUT2D eigenvalue weighted by Crippen LogP contribution is -2.35. The monoisotopic (exact) mass is 500 g/mol. The van der Waals surface area contributed by atoms with Crippen molar-refractivity contribution in [1.29, 1.82) is 0 Å². The summed E-state index contributed by atoms with van der Waals surface area (Å²) in [7, 11) is 1.55. The summed E-state index contributed by atoms with van der Waals surface area (Å²) in [5.74, 6) is -0.987. The molecule has 1 aliphatic rings. The van der Waals surface area contributed by atoms with Crippen molar-refractivity contribution < 1.29 is 23.4 Å². The molecule has 0 saturated carbocycles. The van der Waals surface area contributed by atoms with Crippen molar-refractivity contribution in [2.45, 2.75) is 25.7 Å². The third-order valence-corrected chi connectivity index (χ3v) is 6.96. The van der Waals surface area contributed by atoms with Gasteiger partial charge < -0.3 is 9.84 Å². The summed E-state index contributed by atoms with van der Waals surface area (Å²) in [6.45, 7) is 1.51. The largest absolute Gasteiger partial charge is 0.497 e. The molecule has 1 saturated heterocycles. The number of fused-ring (bicyclic) bond motifs is 1. The minimum atomic E-state index is -0.897. The molecule has 1 aromatic heterocycles. The van der Waals surface area contributed by atoms with Gasteiger partial charge in [-0.05, 0) is 74.2 Å². The first-order valence-corrected chi connectivity index (χ1v) is 11.9. The van der Waals surface area contributed by atoms with E-state index < -0.39 is 17.2 Å². The zero-order valence-corrected chi connectivity index (χ0v) is 20.2. The van der Waals surface area contributed by atoms with Crippen molar-refractivity contribution >= 4 is 34.5 Å². The second-order valence-electron chi connectivity index (χ2n) is 8.96. The standard InChI is InChI=1S/C27H27ClF2N2O3/c1-35-20-7-9-25-22(15-20)21(24(30)16-31-25)5-2-10-27(26(33)34)11-13-32(17-27)12-3-4-18-14-19(28)6-8-23(18)29/h3-4,6-9,14-16H,2,5,10-13,17H2,1H3,(H,33,34)/b4-3+. The molecule has 1 aliphatic heterocycles. The number of hydrogen-bond acceptors (Lipinski definition) is 4. The molecule has 1 N–H and O–H groups in total. The second kappa shape index (κ2) is 10.7. The quantitative estimate of drug-likeness (QED) is 0.391. The minimum Gasteiger partial charge on any atom is -0.497 e. The Kier molecular flexibility index (Phi) is 7.67. The molecule has 1 atom stereocenters. The SMILES string of the molecule is COc1ccc2ncc(F)c(CCCC3(C(=O)O)CCN(C/C=C/c4cc(Cl)ccc4F)C3)c2c1. The Labute approximate surface area is 208 Å². The third kappa shape index (κ3) is 5.63. The lowest BCUT2D eigenvalue weighted by molar-refractivity contribution is -0.148. The molecule has 8 heteroatoms. The zero-order valence-electron chi connectivity index (χ0n) is 19.4. The Morgan fingerprint density at radius 2 is 2.09 bits per heavy atom. The number of carboxylic acid groups (broad SMARTS) is 1. The second-order valence-corrected chi connectivity index (χ2v) is 9.40. The molecular weight excluding hydrogens is 474 g/mol. The van der Waals surface area contributed by atoms with Gasteiger partial charge in [-0.2, -0.15) is 0 Å². The van der Waals surface area contributed by atoms with Crippen LogP contribution in [-0.4, -0.2) is 47.7 Å². The van der Waals surface area contributed by atoms with Crippen molar-refractivity contribution in [3.63, 3.8) is 0 Å². The number of carbonyl (C=O) groups is 1. The first-order valence-electron chi connectivity index (χ1n) is 11.5. The molecule has 0 spiro atoms. The number of aliphatic carboxylic acids is 1. The maximum Gasteiger partial charge on any atom is 0.310 e. The van der Waals surface area contributed by atoms with Crippen LogP contribution in [0, 0.1) is 17.0 Å². The molecule has 3 aromatic rings. The predicted molar refractivity (Wildman–Crippen MR) is 133 cm³/mol. The van der Waals surface area contributed by atoms with E-state index in [9.17, 15) is 18.7 Å². The van der Waals surface area contributed by atoms with E-state index in [-0.39, 0.29) is 5.82 Å². The van der Waals surface area contributed by atoms with E-state index in [4.69, 9.17) is 16.3 Å². The number of halogens is 3. The summed E-state index contributed by atoms with van der Waals surface area (Å²) in [6, 6.07) is 9.69. The fourth-order valence-corrected chi connectivity index (χ4v) is 4.94. The molecule has 4 rings (SSSR count). The van der Waals surface area contributed by atoms with Gasteiger partial charge in [0.1, 0.15) is 17.4 Å². The van der Waals surface area contributed by atoms with Gasteiger partial charge in [0.05, 0.1) is 24.2 Å². The van der Waals surface area contributed by atoms with Gasteiger partial charge >= 0.3 is 5.97 Å². The molecule has 2 heterocycles. The molecule has 5 nitrogen and oxygen atoms in total. The molecule has 0 aliphatic carbocycles. The average molecular weight is 501 g/mol. The lowest BCUT2D eigenvalue weighted by Gasteiger charge is -2.24. The molecule has 0 bridgehead atoms. The fourth-order valence-electron chi connectivity index (χ4n) is 4.76. The zero-order chi connectivity index (χ0) is 25.0. The van der Waals surface area contributed by atoms with Gasteiger partial charge in [-0.25, -0.2) is 8.78 Å². The first-order chi connectivity index (χ1) is 16.8. The molecule has 0 amide bonds. The van der Waals surface area contributed by atoms with Crippen LogP contribution in [0.25, 0.3) is 17.0 Å². The van der Waals surface area contributed by atoms with E-state index in [1.165, 1.54) is 18.3 Å². The van der Waals surface area contributed by atoms with Crippen LogP contribution in [0.4, 0.5) is 8.78 Å². The molecule has 1 unspecified atom stereocenters. The topological polar surface area (TPSA) is 62.7 Å². The van der Waals surface area contributed by atoms with E-state index in [1.54, 1.807) is 37.5 Å². The van der Waals surface area contributed by atoms with Crippen LogP contribution in [-0.2, 0) is 11.2 Å². The van der Waals surface area contributed by atoms with E-state index in [2.05, 4.69) is 4.98 Å². The molecule has 1 fully saturated rings. The van der Waals surface area contributed by atoms with Gasteiger partial charge in [-0.1, -0.05) is 23.8 Å². The Morgan fingerprint density at radius 3 is 2.86 bits per heavy atom. The molecule has 0 radical (unpaired) electrons. The maximum absolute atomic E-state index is 14.6. The number of methoxy groups -OCH3 is 1. The summed E-state index contributed by atoms with van der Waals surface area (Å²) in [6.07, 6.45) is 6.56.